The highest BCUT2D eigenvalue weighted by Gasteiger charge is 2.07. The Kier molecular flexibility index (Phi) is 8.26. The molecule has 0 fully saturated rings. The molecule has 4 nitrogen and oxygen atoms in total. The number of rotatable bonds is 4. The van der Waals surface area contributed by atoms with Crippen molar-refractivity contribution in [3.8, 4) is 0 Å². The smallest absolute Gasteiger partial charge is 0.333 e. The second-order valence-corrected chi connectivity index (χ2v) is 2.22. The molecular weight excluding hydrogens is 184 g/mol. The van der Waals surface area contributed by atoms with Crippen LogP contribution in [-0.4, -0.2) is 35.5 Å². The van der Waals surface area contributed by atoms with Gasteiger partial charge in [-0.1, -0.05) is 6.58 Å². The molecule has 0 rings (SSSR count). The summed E-state index contributed by atoms with van der Waals surface area (Å²) in [6.07, 6.45) is -1.00. The quantitative estimate of drug-likeness (QED) is 0.486. The molecule has 0 saturated carbocycles. The van der Waals surface area contributed by atoms with Gasteiger partial charge in [-0.3, -0.25) is 0 Å². The lowest BCUT2D eigenvalue weighted by molar-refractivity contribution is -0.142. The van der Waals surface area contributed by atoms with Crippen LogP contribution in [0.15, 0.2) is 12.2 Å². The predicted octanol–water partition coefficient (Wildman–Crippen LogP) is -0.119. The maximum atomic E-state index is 10.6. The number of carbonyl (C=O) groups is 1. The predicted molar refractivity (Wildman–Crippen MR) is 46.1 cm³/mol. The number of hydrogen-bond acceptors (Lipinski definition) is 4. The highest BCUT2D eigenvalue weighted by molar-refractivity contribution is 5.86. The number of aliphatic hydroxyl groups excluding tert-OH is 2. The second kappa shape index (κ2) is 7.09. The van der Waals surface area contributed by atoms with E-state index in [1.807, 2.05) is 0 Å². The van der Waals surface area contributed by atoms with Crippen LogP contribution in [0.1, 0.15) is 6.92 Å². The second-order valence-electron chi connectivity index (χ2n) is 2.22. The molecule has 0 aliphatic carbocycles. The van der Waals surface area contributed by atoms with Crippen molar-refractivity contribution in [2.24, 2.45) is 0 Å². The Labute approximate surface area is 77.3 Å². The van der Waals surface area contributed by atoms with Gasteiger partial charge in [-0.25, -0.2) is 4.79 Å². The third kappa shape index (κ3) is 6.15. The van der Waals surface area contributed by atoms with E-state index in [2.05, 4.69) is 11.3 Å². The number of aliphatic hydroxyl groups is 2. The number of ether oxygens (including phenoxy) is 1. The Bertz CT molecular complexity index is 157. The number of esters is 1. The molecule has 0 aromatic heterocycles. The van der Waals surface area contributed by atoms with Crippen LogP contribution in [0, 0.1) is 0 Å². The first-order valence-corrected chi connectivity index (χ1v) is 3.19. The summed E-state index contributed by atoms with van der Waals surface area (Å²) in [5.41, 5.74) is 0.273. The van der Waals surface area contributed by atoms with Crippen molar-refractivity contribution in [2.75, 3.05) is 13.2 Å². The molecule has 0 aromatic rings. The van der Waals surface area contributed by atoms with Gasteiger partial charge in [-0.2, -0.15) is 0 Å². The number of hydrogen-bond donors (Lipinski definition) is 2. The van der Waals surface area contributed by atoms with E-state index < -0.39 is 18.7 Å². The molecule has 0 aromatic carbocycles. The Morgan fingerprint density at radius 3 is 2.50 bits per heavy atom. The summed E-state index contributed by atoms with van der Waals surface area (Å²) >= 11 is 0. The van der Waals surface area contributed by atoms with Crippen molar-refractivity contribution in [3.05, 3.63) is 12.2 Å². The van der Waals surface area contributed by atoms with E-state index in [4.69, 9.17) is 10.2 Å². The minimum Gasteiger partial charge on any atom is -0.460 e. The van der Waals surface area contributed by atoms with Gasteiger partial charge in [0.2, 0.25) is 0 Å². The van der Waals surface area contributed by atoms with E-state index in [0.29, 0.717) is 0 Å². The Morgan fingerprint density at radius 2 is 2.17 bits per heavy atom. The third-order valence-electron chi connectivity index (χ3n) is 0.966. The van der Waals surface area contributed by atoms with Gasteiger partial charge in [-0.15, -0.1) is 12.4 Å². The molecule has 0 radical (unpaired) electrons. The van der Waals surface area contributed by atoms with Crippen LogP contribution >= 0.6 is 12.4 Å². The molecule has 0 bridgehead atoms. The zero-order chi connectivity index (χ0) is 8.85. The molecule has 0 amide bonds. The van der Waals surface area contributed by atoms with Gasteiger partial charge in [0.15, 0.2) is 0 Å². The van der Waals surface area contributed by atoms with Gasteiger partial charge in [0.05, 0.1) is 6.61 Å². The molecule has 1 atom stereocenters. The summed E-state index contributed by atoms with van der Waals surface area (Å²) in [6.45, 7) is 4.24. The van der Waals surface area contributed by atoms with Gasteiger partial charge < -0.3 is 14.9 Å². The first-order valence-electron chi connectivity index (χ1n) is 3.19. The van der Waals surface area contributed by atoms with E-state index in [1.165, 1.54) is 6.92 Å². The van der Waals surface area contributed by atoms with E-state index in [-0.39, 0.29) is 24.6 Å². The van der Waals surface area contributed by atoms with E-state index in [0.717, 1.165) is 0 Å². The fraction of sp³-hybridized carbons (Fsp3) is 0.571. The lowest BCUT2D eigenvalue weighted by atomic mass is 10.3. The van der Waals surface area contributed by atoms with Crippen molar-refractivity contribution in [1.82, 2.24) is 0 Å². The Balaban J connectivity index is 0. The largest absolute Gasteiger partial charge is 0.460 e. The SMILES string of the molecule is C=C(C)C(=O)OCC(O)CO.Cl. The van der Waals surface area contributed by atoms with E-state index in [1.54, 1.807) is 0 Å². The van der Waals surface area contributed by atoms with Crippen molar-refractivity contribution in [3.63, 3.8) is 0 Å². The summed E-state index contributed by atoms with van der Waals surface area (Å²) in [4.78, 5) is 10.6. The fourth-order valence-electron chi connectivity index (χ4n) is 0.348. The summed E-state index contributed by atoms with van der Waals surface area (Å²) in [6, 6.07) is 0. The fourth-order valence-corrected chi connectivity index (χ4v) is 0.348. The lowest BCUT2D eigenvalue weighted by Crippen LogP contribution is -2.22. The molecule has 72 valence electrons. The molecule has 0 saturated heterocycles. The molecule has 0 aliphatic heterocycles. The Morgan fingerprint density at radius 1 is 1.67 bits per heavy atom. The van der Waals surface area contributed by atoms with Crippen LogP contribution in [0.2, 0.25) is 0 Å². The van der Waals surface area contributed by atoms with Crippen LogP contribution in [0.25, 0.3) is 0 Å². The average molecular weight is 197 g/mol. The molecule has 1 unspecified atom stereocenters. The molecular formula is C7H13ClO4. The summed E-state index contributed by atoms with van der Waals surface area (Å²) in [7, 11) is 0. The van der Waals surface area contributed by atoms with Gasteiger partial charge in [0.1, 0.15) is 12.7 Å². The van der Waals surface area contributed by atoms with Crippen LogP contribution in [-0.2, 0) is 9.53 Å². The maximum absolute atomic E-state index is 10.6. The maximum Gasteiger partial charge on any atom is 0.333 e. The van der Waals surface area contributed by atoms with Gasteiger partial charge >= 0.3 is 5.97 Å². The van der Waals surface area contributed by atoms with Crippen LogP contribution in [0.3, 0.4) is 0 Å². The molecule has 12 heavy (non-hydrogen) atoms. The normalized spacial score (nSPS) is 11.2. The molecule has 0 aliphatic rings. The minimum absolute atomic E-state index is 0. The monoisotopic (exact) mass is 196 g/mol. The minimum atomic E-state index is -1.00. The van der Waals surface area contributed by atoms with Crippen LogP contribution in [0.4, 0.5) is 0 Å². The van der Waals surface area contributed by atoms with Gasteiger partial charge in [0.25, 0.3) is 0 Å². The van der Waals surface area contributed by atoms with Crippen molar-refractivity contribution in [2.45, 2.75) is 13.0 Å². The highest BCUT2D eigenvalue weighted by Crippen LogP contribution is 1.93. The summed E-state index contributed by atoms with van der Waals surface area (Å²) < 4.78 is 4.51. The highest BCUT2D eigenvalue weighted by atomic mass is 35.5. The molecule has 2 N–H and O–H groups in total. The van der Waals surface area contributed by atoms with Crippen LogP contribution < -0.4 is 0 Å². The molecule has 0 spiro atoms. The summed E-state index contributed by atoms with van der Waals surface area (Å²) in [5, 5.41) is 17.1. The first kappa shape index (κ1) is 14.0. The van der Waals surface area contributed by atoms with E-state index >= 15 is 0 Å². The zero-order valence-electron chi connectivity index (χ0n) is 6.82. The summed E-state index contributed by atoms with van der Waals surface area (Å²) in [5.74, 6) is -0.558. The molecule has 5 heteroatoms. The lowest BCUT2D eigenvalue weighted by Gasteiger charge is -2.07. The van der Waals surface area contributed by atoms with Gasteiger partial charge in [-0.05, 0) is 6.92 Å². The van der Waals surface area contributed by atoms with Gasteiger partial charge in [0, 0.05) is 5.57 Å². The zero-order valence-corrected chi connectivity index (χ0v) is 7.63. The Hall–Kier alpha value is -0.580. The van der Waals surface area contributed by atoms with Crippen LogP contribution in [0.5, 0.6) is 0 Å². The number of halogens is 1. The van der Waals surface area contributed by atoms with E-state index in [9.17, 15) is 4.79 Å². The average Bonchev–Trinajstić information content (AvgIpc) is 1.99. The topological polar surface area (TPSA) is 66.8 Å². The molecule has 0 heterocycles. The van der Waals surface area contributed by atoms with Crippen molar-refractivity contribution in [1.29, 1.82) is 0 Å². The van der Waals surface area contributed by atoms with Crippen molar-refractivity contribution >= 4 is 18.4 Å². The number of carbonyl (C=O) groups excluding carboxylic acids is 1. The van der Waals surface area contributed by atoms with Crippen molar-refractivity contribution < 1.29 is 19.7 Å². The first-order chi connectivity index (χ1) is 5.07. The standard InChI is InChI=1S/C7H12O4.ClH/c1-5(2)7(10)11-4-6(9)3-8;/h6,8-9H,1,3-4H2,2H3;1H. The third-order valence-corrected chi connectivity index (χ3v) is 0.966.